The van der Waals surface area contributed by atoms with Crippen molar-refractivity contribution in [2.75, 3.05) is 0 Å². The summed E-state index contributed by atoms with van der Waals surface area (Å²) < 4.78 is 1.59. The molecule has 0 aliphatic carbocycles. The molecule has 0 fully saturated rings. The largest absolute Gasteiger partial charge is 0.504 e. The number of carboxylic acids is 1. The van der Waals surface area contributed by atoms with Crippen molar-refractivity contribution in [2.45, 2.75) is 46.0 Å². The molecule has 0 aliphatic heterocycles. The third kappa shape index (κ3) is 5.89. The zero-order chi connectivity index (χ0) is 24.7. The number of hydrazone groups is 1. The zero-order valence-electron chi connectivity index (χ0n) is 19.7. The number of hydrogen-bond acceptors (Lipinski definition) is 5. The average Bonchev–Trinajstić information content (AvgIpc) is 3.14. The fourth-order valence-corrected chi connectivity index (χ4v) is 3.68. The molecular weight excluding hydrogens is 432 g/mol. The Kier molecular flexibility index (Phi) is 8.19. The van der Waals surface area contributed by atoms with Gasteiger partial charge in [0.05, 0.1) is 11.3 Å². The van der Waals surface area contributed by atoms with Gasteiger partial charge in [0.1, 0.15) is 5.69 Å². The van der Waals surface area contributed by atoms with E-state index >= 15 is 0 Å². The number of rotatable bonds is 10. The lowest BCUT2D eigenvalue weighted by molar-refractivity contribution is 0.0696. The Balaban J connectivity index is 1.71. The Morgan fingerprint density at radius 1 is 1.00 bits per heavy atom. The SMILES string of the molecule is CCCCCCc1ccc(-c2c(O)c(/C(C)=N/NC(=O)c3ccc(C(=O)O)cc3)nn2C)cc1. The maximum atomic E-state index is 12.3. The molecule has 1 aromatic heterocycles. The average molecular weight is 463 g/mol. The van der Waals surface area contributed by atoms with Crippen LogP contribution in [-0.4, -0.2) is 37.6 Å². The van der Waals surface area contributed by atoms with E-state index in [0.717, 1.165) is 12.0 Å². The van der Waals surface area contributed by atoms with E-state index in [-0.39, 0.29) is 22.6 Å². The molecule has 2 aromatic carbocycles. The Labute approximate surface area is 198 Å². The molecule has 1 heterocycles. The minimum Gasteiger partial charge on any atom is -0.504 e. The number of nitrogens with one attached hydrogen (secondary N) is 1. The Hall–Kier alpha value is -3.94. The van der Waals surface area contributed by atoms with Gasteiger partial charge in [-0.15, -0.1) is 0 Å². The Morgan fingerprint density at radius 2 is 1.65 bits per heavy atom. The predicted molar refractivity (Wildman–Crippen MR) is 131 cm³/mol. The second-order valence-electron chi connectivity index (χ2n) is 8.20. The van der Waals surface area contributed by atoms with Crippen molar-refractivity contribution in [1.29, 1.82) is 0 Å². The van der Waals surface area contributed by atoms with Crippen LogP contribution >= 0.6 is 0 Å². The van der Waals surface area contributed by atoms with Crippen molar-refractivity contribution in [1.82, 2.24) is 15.2 Å². The molecule has 0 saturated carbocycles. The van der Waals surface area contributed by atoms with Crippen LogP contribution in [-0.2, 0) is 13.5 Å². The van der Waals surface area contributed by atoms with Gasteiger partial charge in [-0.2, -0.15) is 10.2 Å². The lowest BCUT2D eigenvalue weighted by Gasteiger charge is -2.06. The van der Waals surface area contributed by atoms with Crippen LogP contribution in [0.25, 0.3) is 11.3 Å². The van der Waals surface area contributed by atoms with Crippen LogP contribution in [0.5, 0.6) is 5.75 Å². The molecule has 178 valence electrons. The van der Waals surface area contributed by atoms with E-state index in [2.05, 4.69) is 34.7 Å². The van der Waals surface area contributed by atoms with Gasteiger partial charge in [0, 0.05) is 18.2 Å². The summed E-state index contributed by atoms with van der Waals surface area (Å²) in [6.45, 7) is 3.84. The number of benzene rings is 2. The third-order valence-electron chi connectivity index (χ3n) is 5.63. The first kappa shape index (κ1) is 24.7. The molecule has 0 spiro atoms. The summed E-state index contributed by atoms with van der Waals surface area (Å²) in [5.41, 5.74) is 6.05. The van der Waals surface area contributed by atoms with E-state index < -0.39 is 11.9 Å². The molecule has 0 atom stereocenters. The van der Waals surface area contributed by atoms with Crippen molar-refractivity contribution >= 4 is 17.6 Å². The highest BCUT2D eigenvalue weighted by Gasteiger charge is 2.19. The summed E-state index contributed by atoms with van der Waals surface area (Å²) in [6, 6.07) is 13.6. The molecule has 34 heavy (non-hydrogen) atoms. The summed E-state index contributed by atoms with van der Waals surface area (Å²) in [4.78, 5) is 23.3. The minimum absolute atomic E-state index is 0.0143. The molecule has 0 radical (unpaired) electrons. The van der Waals surface area contributed by atoms with Crippen LogP contribution in [0.3, 0.4) is 0 Å². The highest BCUT2D eigenvalue weighted by atomic mass is 16.4. The fraction of sp³-hybridized carbons (Fsp3) is 0.308. The van der Waals surface area contributed by atoms with E-state index in [9.17, 15) is 14.7 Å². The maximum absolute atomic E-state index is 12.3. The number of unbranched alkanes of at least 4 members (excludes halogenated alkanes) is 3. The number of aryl methyl sites for hydroxylation is 2. The maximum Gasteiger partial charge on any atom is 0.335 e. The van der Waals surface area contributed by atoms with Gasteiger partial charge in [-0.25, -0.2) is 10.2 Å². The summed E-state index contributed by atoms with van der Waals surface area (Å²) in [6.07, 6.45) is 5.90. The van der Waals surface area contributed by atoms with Gasteiger partial charge < -0.3 is 10.2 Å². The van der Waals surface area contributed by atoms with Gasteiger partial charge in [0.2, 0.25) is 0 Å². The van der Waals surface area contributed by atoms with E-state index in [1.807, 2.05) is 12.1 Å². The van der Waals surface area contributed by atoms with E-state index in [4.69, 9.17) is 5.11 Å². The number of aromatic hydroxyl groups is 1. The summed E-state index contributed by atoms with van der Waals surface area (Å²) in [5, 5.41) is 28.2. The highest BCUT2D eigenvalue weighted by Crippen LogP contribution is 2.32. The molecule has 1 amide bonds. The molecule has 3 rings (SSSR count). The second kappa shape index (κ2) is 11.3. The molecule has 3 aromatic rings. The first-order valence-corrected chi connectivity index (χ1v) is 11.4. The number of carboxylic acid groups (broad SMARTS) is 1. The molecule has 0 saturated heterocycles. The van der Waals surface area contributed by atoms with Crippen LogP contribution in [0.2, 0.25) is 0 Å². The van der Waals surface area contributed by atoms with Crippen LogP contribution in [0.15, 0.2) is 53.6 Å². The Bertz CT molecular complexity index is 1180. The van der Waals surface area contributed by atoms with Gasteiger partial charge in [-0.3, -0.25) is 9.48 Å². The lowest BCUT2D eigenvalue weighted by atomic mass is 10.0. The molecule has 0 aliphatic rings. The first-order chi connectivity index (χ1) is 16.3. The van der Waals surface area contributed by atoms with Gasteiger partial charge in [0.25, 0.3) is 5.91 Å². The zero-order valence-corrected chi connectivity index (χ0v) is 19.7. The lowest BCUT2D eigenvalue weighted by Crippen LogP contribution is -2.19. The van der Waals surface area contributed by atoms with E-state index in [1.54, 1.807) is 18.7 Å². The smallest absolute Gasteiger partial charge is 0.335 e. The number of carbonyl (C=O) groups excluding carboxylic acids is 1. The molecular formula is C26H30N4O4. The topological polar surface area (TPSA) is 117 Å². The summed E-state index contributed by atoms with van der Waals surface area (Å²) in [5.74, 6) is -1.58. The molecule has 0 unspecified atom stereocenters. The number of aromatic carboxylic acids is 1. The van der Waals surface area contributed by atoms with Crippen LogP contribution in [0, 0.1) is 0 Å². The molecule has 8 nitrogen and oxygen atoms in total. The van der Waals surface area contributed by atoms with E-state index in [1.165, 1.54) is 55.5 Å². The van der Waals surface area contributed by atoms with Crippen LogP contribution < -0.4 is 5.43 Å². The molecule has 0 bridgehead atoms. The van der Waals surface area contributed by atoms with E-state index in [0.29, 0.717) is 11.4 Å². The number of amides is 1. The van der Waals surface area contributed by atoms with Crippen molar-refractivity contribution in [3.8, 4) is 17.0 Å². The number of hydrogen-bond donors (Lipinski definition) is 3. The van der Waals surface area contributed by atoms with Crippen LogP contribution in [0.1, 0.15) is 71.5 Å². The number of nitrogens with zero attached hydrogens (tertiary/aromatic N) is 3. The summed E-state index contributed by atoms with van der Waals surface area (Å²) in [7, 11) is 1.74. The van der Waals surface area contributed by atoms with Crippen LogP contribution in [0.4, 0.5) is 0 Å². The predicted octanol–water partition coefficient (Wildman–Crippen LogP) is 4.77. The highest BCUT2D eigenvalue weighted by molar-refractivity contribution is 6.02. The second-order valence-corrected chi connectivity index (χ2v) is 8.20. The molecule has 8 heteroatoms. The van der Waals surface area contributed by atoms with Gasteiger partial charge in [-0.05, 0) is 49.6 Å². The first-order valence-electron chi connectivity index (χ1n) is 11.4. The van der Waals surface area contributed by atoms with Crippen molar-refractivity contribution < 1.29 is 19.8 Å². The van der Waals surface area contributed by atoms with Crippen molar-refractivity contribution in [3.05, 3.63) is 70.9 Å². The minimum atomic E-state index is -1.07. The summed E-state index contributed by atoms with van der Waals surface area (Å²) >= 11 is 0. The fourth-order valence-electron chi connectivity index (χ4n) is 3.68. The Morgan fingerprint density at radius 3 is 2.26 bits per heavy atom. The normalized spacial score (nSPS) is 11.4. The van der Waals surface area contributed by atoms with Crippen molar-refractivity contribution in [3.63, 3.8) is 0 Å². The standard InChI is InChI=1S/C26H30N4O4/c1-4-5-6-7-8-18-9-11-19(12-10-18)23-24(31)22(29-30(23)3)17(2)27-28-25(32)20-13-15-21(16-14-20)26(33)34/h9-16,31H,4-8H2,1-3H3,(H,28,32)(H,33,34)/b27-17+. The van der Waals surface area contributed by atoms with Gasteiger partial charge >= 0.3 is 5.97 Å². The monoisotopic (exact) mass is 462 g/mol. The number of carbonyl (C=O) groups is 2. The number of aromatic nitrogens is 2. The quantitative estimate of drug-likeness (QED) is 0.228. The van der Waals surface area contributed by atoms with Crippen molar-refractivity contribution in [2.24, 2.45) is 12.1 Å². The third-order valence-corrected chi connectivity index (χ3v) is 5.63. The van der Waals surface area contributed by atoms with Gasteiger partial charge in [-0.1, -0.05) is 50.5 Å². The van der Waals surface area contributed by atoms with Gasteiger partial charge in [0.15, 0.2) is 11.4 Å². The molecule has 3 N–H and O–H groups in total.